The van der Waals surface area contributed by atoms with Gasteiger partial charge in [-0.15, -0.1) is 0 Å². The normalized spacial score (nSPS) is 11.0. The average Bonchev–Trinajstić information content (AvgIpc) is 3.39. The highest BCUT2D eigenvalue weighted by Crippen LogP contribution is 2.23. The highest BCUT2D eigenvalue weighted by Gasteiger charge is 2.14. The Kier molecular flexibility index (Phi) is 14.8. The molecule has 1 unspecified atom stereocenters. The molecule has 0 aliphatic rings. The lowest BCUT2D eigenvalue weighted by atomic mass is 10.0. The number of fused-ring (bicyclic) bond motifs is 3. The number of aryl methyl sites for hydroxylation is 1. The summed E-state index contributed by atoms with van der Waals surface area (Å²) in [6.07, 6.45) is 7.07. The molecule has 4 rings (SSSR count). The van der Waals surface area contributed by atoms with Crippen LogP contribution in [0.3, 0.4) is 0 Å². The van der Waals surface area contributed by atoms with Crippen molar-refractivity contribution in [3.05, 3.63) is 71.2 Å². The third-order valence-electron chi connectivity index (χ3n) is 6.11. The first kappa shape index (κ1) is 33.6. The summed E-state index contributed by atoms with van der Waals surface area (Å²) in [6.45, 7) is 14.5. The molecule has 2 heterocycles. The van der Waals surface area contributed by atoms with Crippen molar-refractivity contribution in [1.29, 1.82) is 0 Å². The maximum atomic E-state index is 13.3. The summed E-state index contributed by atoms with van der Waals surface area (Å²) < 4.78 is 39.2. The number of hydrogen-bond donors (Lipinski definition) is 1. The maximum absolute atomic E-state index is 13.3. The van der Waals surface area contributed by atoms with Crippen LogP contribution in [0.15, 0.2) is 42.5 Å². The molecule has 4 aromatic rings. The summed E-state index contributed by atoms with van der Waals surface area (Å²) in [5.74, 6) is -0.361. The van der Waals surface area contributed by atoms with E-state index in [4.69, 9.17) is 5.73 Å². The van der Waals surface area contributed by atoms with Crippen LogP contribution >= 0.6 is 0 Å². The Morgan fingerprint density at radius 3 is 2.03 bits per heavy atom. The molecule has 0 saturated carbocycles. The van der Waals surface area contributed by atoms with E-state index >= 15 is 0 Å². The van der Waals surface area contributed by atoms with E-state index in [1.165, 1.54) is 60.9 Å². The molecule has 0 fully saturated rings. The maximum Gasteiger partial charge on any atom is 0.222 e. The second-order valence-electron chi connectivity index (χ2n) is 9.43. The van der Waals surface area contributed by atoms with E-state index in [2.05, 4.69) is 44.7 Å². The Morgan fingerprint density at radius 1 is 0.923 bits per heavy atom. The Labute approximate surface area is 230 Å². The van der Waals surface area contributed by atoms with E-state index < -0.39 is 11.6 Å². The smallest absolute Gasteiger partial charge is 0.222 e. The van der Waals surface area contributed by atoms with Crippen molar-refractivity contribution in [2.75, 3.05) is 5.73 Å². The minimum absolute atomic E-state index is 0.0901. The van der Waals surface area contributed by atoms with Gasteiger partial charge in [-0.25, -0.2) is 18.2 Å². The molecular formula is C31H43F3N4O. The van der Waals surface area contributed by atoms with Gasteiger partial charge < -0.3 is 5.73 Å². The van der Waals surface area contributed by atoms with Gasteiger partial charge in [-0.05, 0) is 48.7 Å². The lowest BCUT2D eigenvalue weighted by molar-refractivity contribution is 0.0983. The molecule has 5 nitrogen and oxygen atoms in total. The Morgan fingerprint density at radius 2 is 1.54 bits per heavy atom. The molecule has 1 atom stereocenters. The summed E-state index contributed by atoms with van der Waals surface area (Å²) in [5.41, 5.74) is 7.73. The summed E-state index contributed by atoms with van der Waals surface area (Å²) >= 11 is 0. The fourth-order valence-corrected chi connectivity index (χ4v) is 3.31. The van der Waals surface area contributed by atoms with E-state index in [0.29, 0.717) is 34.1 Å². The van der Waals surface area contributed by atoms with Crippen molar-refractivity contribution < 1.29 is 18.0 Å². The standard InChI is InChI=1S/C13H11FN4O.C7H6F2.C7H16.C4H10/c1-2-12(19)10-6-11-8-5-7(14)3-4-9(8)16-13(15)18(11)17-10;1-5-2-3-6(8)4-7(5)9;1-4-6-7(3)5-2;1-3-4-2/h3-6H,2H2,1H3,(H2,15,16);2-4H,1H3;7H,4-6H2,1-3H3;3-4H2,1-2H3. The number of nitrogens with zero attached hydrogens (tertiary/aromatic N) is 3. The minimum Gasteiger partial charge on any atom is -0.368 e. The molecule has 8 heteroatoms. The summed E-state index contributed by atoms with van der Waals surface area (Å²) in [6, 6.07) is 9.36. The third kappa shape index (κ3) is 10.7. The van der Waals surface area contributed by atoms with E-state index in [0.717, 1.165) is 12.0 Å². The zero-order valence-corrected chi connectivity index (χ0v) is 24.3. The van der Waals surface area contributed by atoms with Gasteiger partial charge in [-0.2, -0.15) is 9.61 Å². The average molecular weight is 545 g/mol. The first-order valence-corrected chi connectivity index (χ1v) is 13.7. The molecular weight excluding hydrogens is 501 g/mol. The van der Waals surface area contributed by atoms with E-state index in [-0.39, 0.29) is 17.5 Å². The fraction of sp³-hybridized carbons (Fsp3) is 0.452. The van der Waals surface area contributed by atoms with Crippen LogP contribution in [0, 0.1) is 30.3 Å². The number of rotatable bonds is 6. The summed E-state index contributed by atoms with van der Waals surface area (Å²) in [7, 11) is 0. The number of Topliss-reactive ketones (excluding diaryl/α,β-unsaturated/α-hetero) is 1. The predicted molar refractivity (Wildman–Crippen MR) is 156 cm³/mol. The molecule has 2 aromatic heterocycles. The molecule has 0 saturated heterocycles. The minimum atomic E-state index is -0.530. The van der Waals surface area contributed by atoms with Crippen molar-refractivity contribution in [1.82, 2.24) is 14.6 Å². The lowest BCUT2D eigenvalue weighted by Crippen LogP contribution is -2.04. The van der Waals surface area contributed by atoms with Crippen LogP contribution in [0.25, 0.3) is 16.4 Å². The predicted octanol–water partition coefficient (Wildman–Crippen LogP) is 9.11. The van der Waals surface area contributed by atoms with Crippen molar-refractivity contribution >= 4 is 28.2 Å². The molecule has 0 aliphatic heterocycles. The van der Waals surface area contributed by atoms with Gasteiger partial charge in [0.1, 0.15) is 23.1 Å². The van der Waals surface area contributed by atoms with Gasteiger partial charge in [0.25, 0.3) is 0 Å². The van der Waals surface area contributed by atoms with Crippen LogP contribution in [-0.4, -0.2) is 20.4 Å². The zero-order valence-electron chi connectivity index (χ0n) is 24.3. The number of halogens is 3. The number of unbranched alkanes of at least 4 members (excludes halogenated alkanes) is 1. The van der Waals surface area contributed by atoms with Crippen LogP contribution in [0.4, 0.5) is 19.1 Å². The van der Waals surface area contributed by atoms with Crippen molar-refractivity contribution in [3.63, 3.8) is 0 Å². The van der Waals surface area contributed by atoms with Gasteiger partial charge in [0.15, 0.2) is 5.78 Å². The Balaban J connectivity index is 0.000000317. The second kappa shape index (κ2) is 17.2. The number of nitrogens with two attached hydrogens (primary N) is 1. The molecule has 0 amide bonds. The first-order valence-electron chi connectivity index (χ1n) is 13.7. The number of carbonyl (C=O) groups is 1. The molecule has 214 valence electrons. The number of anilines is 1. The Hall–Kier alpha value is -3.42. The van der Waals surface area contributed by atoms with E-state index in [9.17, 15) is 18.0 Å². The number of aromatic nitrogens is 3. The monoisotopic (exact) mass is 544 g/mol. The number of ketones is 1. The van der Waals surface area contributed by atoms with Gasteiger partial charge in [-0.3, -0.25) is 4.79 Å². The zero-order chi connectivity index (χ0) is 29.5. The SMILES string of the molecule is CCC(=O)c1cc2c3cc(F)ccc3nc(N)n2n1.CCCC.CCCC(C)CC.Cc1ccc(F)cc1F. The molecule has 2 N–H and O–H groups in total. The highest BCUT2D eigenvalue weighted by atomic mass is 19.1. The van der Waals surface area contributed by atoms with Gasteiger partial charge in [0.05, 0.1) is 11.0 Å². The lowest BCUT2D eigenvalue weighted by Gasteiger charge is -2.02. The van der Waals surface area contributed by atoms with Crippen molar-refractivity contribution in [2.45, 2.75) is 87.0 Å². The quantitative estimate of drug-likeness (QED) is 0.246. The van der Waals surface area contributed by atoms with Crippen LogP contribution in [0.2, 0.25) is 0 Å². The van der Waals surface area contributed by atoms with Gasteiger partial charge in [0, 0.05) is 17.9 Å². The topological polar surface area (TPSA) is 73.3 Å². The fourth-order valence-electron chi connectivity index (χ4n) is 3.31. The van der Waals surface area contributed by atoms with Crippen LogP contribution < -0.4 is 5.73 Å². The first-order chi connectivity index (χ1) is 18.5. The van der Waals surface area contributed by atoms with Gasteiger partial charge in [0.2, 0.25) is 5.95 Å². The third-order valence-corrected chi connectivity index (χ3v) is 6.11. The molecule has 0 bridgehead atoms. The number of nitrogen functional groups attached to an aromatic ring is 1. The number of hydrogen-bond acceptors (Lipinski definition) is 4. The van der Waals surface area contributed by atoms with Crippen LogP contribution in [-0.2, 0) is 0 Å². The van der Waals surface area contributed by atoms with Gasteiger partial charge in [-0.1, -0.05) is 79.7 Å². The van der Waals surface area contributed by atoms with Crippen LogP contribution in [0.1, 0.15) is 96.1 Å². The second-order valence-corrected chi connectivity index (χ2v) is 9.43. The summed E-state index contributed by atoms with van der Waals surface area (Å²) in [5, 5.41) is 4.70. The summed E-state index contributed by atoms with van der Waals surface area (Å²) in [4.78, 5) is 15.8. The number of carbonyl (C=O) groups excluding carboxylic acids is 1. The largest absolute Gasteiger partial charge is 0.368 e. The Bertz CT molecular complexity index is 1320. The molecule has 2 aromatic carbocycles. The molecule has 0 spiro atoms. The van der Waals surface area contributed by atoms with Crippen molar-refractivity contribution in [3.8, 4) is 0 Å². The van der Waals surface area contributed by atoms with E-state index in [1.54, 1.807) is 26.0 Å². The molecule has 39 heavy (non-hydrogen) atoms. The molecule has 0 radical (unpaired) electrons. The molecule has 0 aliphatic carbocycles. The van der Waals surface area contributed by atoms with Gasteiger partial charge >= 0.3 is 0 Å². The number of benzene rings is 2. The van der Waals surface area contributed by atoms with E-state index in [1.807, 2.05) is 0 Å². The van der Waals surface area contributed by atoms with Crippen LogP contribution in [0.5, 0.6) is 0 Å². The van der Waals surface area contributed by atoms with Crippen molar-refractivity contribution in [2.24, 2.45) is 5.92 Å². The highest BCUT2D eigenvalue weighted by molar-refractivity contribution is 6.00.